The molecular formula is C11H21NO7. The third-order valence-electron chi connectivity index (χ3n) is 3.09. The van der Waals surface area contributed by atoms with Gasteiger partial charge in [-0.15, -0.1) is 0 Å². The molecule has 1 heterocycles. The molecule has 0 aromatic heterocycles. The minimum absolute atomic E-state index is 0.104. The largest absolute Gasteiger partial charge is 0.481 e. The number of unbranched alkanes of at least 4 members (excludes halogenated alkanes) is 1. The van der Waals surface area contributed by atoms with Crippen molar-refractivity contribution >= 4 is 5.97 Å². The summed E-state index contributed by atoms with van der Waals surface area (Å²) in [6.07, 6.45) is -2.37. The van der Waals surface area contributed by atoms with Crippen LogP contribution in [0.3, 0.4) is 0 Å². The molecule has 1 saturated heterocycles. The van der Waals surface area contributed by atoms with Crippen LogP contribution in [0.1, 0.15) is 19.3 Å². The summed E-state index contributed by atoms with van der Waals surface area (Å²) in [7, 11) is 0. The molecule has 8 heteroatoms. The van der Waals surface area contributed by atoms with Gasteiger partial charge in [0.15, 0.2) is 0 Å². The third-order valence-corrected chi connectivity index (χ3v) is 3.09. The maximum absolute atomic E-state index is 10.3. The van der Waals surface area contributed by atoms with Crippen molar-refractivity contribution in [2.75, 3.05) is 19.7 Å². The van der Waals surface area contributed by atoms with E-state index in [0.29, 0.717) is 19.4 Å². The van der Waals surface area contributed by atoms with Crippen molar-refractivity contribution in [2.24, 2.45) is 0 Å². The minimum atomic E-state index is -2.13. The summed E-state index contributed by atoms with van der Waals surface area (Å²) in [5.74, 6) is -2.97. The van der Waals surface area contributed by atoms with Crippen molar-refractivity contribution in [3.63, 3.8) is 0 Å². The highest BCUT2D eigenvalue weighted by molar-refractivity contribution is 5.66. The van der Waals surface area contributed by atoms with Crippen LogP contribution >= 0.6 is 0 Å². The van der Waals surface area contributed by atoms with Crippen LogP contribution in [0.25, 0.3) is 0 Å². The van der Waals surface area contributed by atoms with Crippen molar-refractivity contribution < 1.29 is 35.1 Å². The lowest BCUT2D eigenvalue weighted by atomic mass is 10.1. The van der Waals surface area contributed by atoms with Crippen LogP contribution in [0.4, 0.5) is 0 Å². The molecule has 0 aliphatic carbocycles. The number of carboxylic acids is 1. The van der Waals surface area contributed by atoms with Crippen LogP contribution < -0.4 is 5.32 Å². The molecule has 0 bridgehead atoms. The Balaban J connectivity index is 2.22. The highest BCUT2D eigenvalue weighted by Crippen LogP contribution is 2.28. The molecule has 1 aliphatic heterocycles. The number of hydrogen-bond donors (Lipinski definition) is 6. The number of carboxylic acid groups (broad SMARTS) is 1. The topological polar surface area (TPSA) is 139 Å². The zero-order valence-corrected chi connectivity index (χ0v) is 10.5. The number of rotatable bonds is 8. The van der Waals surface area contributed by atoms with Gasteiger partial charge in [0.2, 0.25) is 5.79 Å². The highest BCUT2D eigenvalue weighted by atomic mass is 16.7. The number of nitrogens with one attached hydrogen (secondary N) is 1. The van der Waals surface area contributed by atoms with Crippen LogP contribution in [0, 0.1) is 0 Å². The van der Waals surface area contributed by atoms with Crippen molar-refractivity contribution in [3.05, 3.63) is 0 Å². The molecule has 0 saturated carbocycles. The van der Waals surface area contributed by atoms with Gasteiger partial charge < -0.3 is 35.6 Å². The van der Waals surface area contributed by atoms with E-state index in [1.54, 1.807) is 0 Å². The summed E-state index contributed by atoms with van der Waals surface area (Å²) in [6.45, 7) is -0.0819. The number of hydrogen-bond acceptors (Lipinski definition) is 7. The van der Waals surface area contributed by atoms with Gasteiger partial charge in [0.1, 0.15) is 18.3 Å². The first-order chi connectivity index (χ1) is 8.90. The number of aliphatic hydroxyl groups excluding tert-OH is 3. The summed E-state index contributed by atoms with van der Waals surface area (Å²) >= 11 is 0. The first-order valence-corrected chi connectivity index (χ1v) is 6.20. The van der Waals surface area contributed by atoms with Gasteiger partial charge in [-0.05, 0) is 19.4 Å². The van der Waals surface area contributed by atoms with E-state index in [4.69, 9.17) is 14.9 Å². The molecule has 19 heavy (non-hydrogen) atoms. The maximum Gasteiger partial charge on any atom is 0.303 e. The van der Waals surface area contributed by atoms with Gasteiger partial charge in [-0.3, -0.25) is 4.79 Å². The minimum Gasteiger partial charge on any atom is -0.481 e. The zero-order chi connectivity index (χ0) is 14.5. The molecule has 0 radical (unpaired) electrons. The first kappa shape index (κ1) is 16.3. The van der Waals surface area contributed by atoms with Crippen LogP contribution in [-0.4, -0.2) is 75.3 Å². The molecule has 0 aromatic carbocycles. The molecule has 0 spiro atoms. The molecule has 4 atom stereocenters. The Kier molecular flexibility index (Phi) is 6.11. The predicted molar refractivity (Wildman–Crippen MR) is 63.3 cm³/mol. The fourth-order valence-electron chi connectivity index (χ4n) is 1.94. The second kappa shape index (κ2) is 7.13. The van der Waals surface area contributed by atoms with Crippen molar-refractivity contribution in [1.29, 1.82) is 0 Å². The quantitative estimate of drug-likeness (QED) is 0.271. The molecule has 1 fully saturated rings. The summed E-state index contributed by atoms with van der Waals surface area (Å²) in [6, 6.07) is 0. The molecule has 1 rings (SSSR count). The third kappa shape index (κ3) is 4.37. The Labute approximate surface area is 110 Å². The van der Waals surface area contributed by atoms with E-state index in [-0.39, 0.29) is 13.0 Å². The van der Waals surface area contributed by atoms with Gasteiger partial charge in [0.25, 0.3) is 0 Å². The molecule has 8 nitrogen and oxygen atoms in total. The molecule has 0 amide bonds. The molecular weight excluding hydrogens is 258 g/mol. The standard InChI is InChI=1S/C11H21NO7/c13-6-11(18)10(17)9(16)7(19-11)5-12-4-2-1-3-8(14)15/h7,9-10,12-13,16-18H,1-6H2,(H,14,15)/t7-,9+,10-,11+/m0/s1. The molecule has 112 valence electrons. The summed E-state index contributed by atoms with van der Waals surface area (Å²) in [5, 5.41) is 49.1. The lowest BCUT2D eigenvalue weighted by molar-refractivity contribution is -0.245. The number of carbonyl (C=O) groups is 1. The van der Waals surface area contributed by atoms with Gasteiger partial charge in [-0.25, -0.2) is 0 Å². The van der Waals surface area contributed by atoms with Crippen molar-refractivity contribution in [1.82, 2.24) is 5.32 Å². The van der Waals surface area contributed by atoms with Gasteiger partial charge >= 0.3 is 5.97 Å². The zero-order valence-electron chi connectivity index (χ0n) is 10.5. The van der Waals surface area contributed by atoms with E-state index in [1.807, 2.05) is 0 Å². The fourth-order valence-corrected chi connectivity index (χ4v) is 1.94. The first-order valence-electron chi connectivity index (χ1n) is 6.20. The van der Waals surface area contributed by atoms with Gasteiger partial charge in [0, 0.05) is 13.0 Å². The van der Waals surface area contributed by atoms with Crippen LogP contribution in [0.2, 0.25) is 0 Å². The molecule has 6 N–H and O–H groups in total. The lowest BCUT2D eigenvalue weighted by Gasteiger charge is -2.22. The van der Waals surface area contributed by atoms with Crippen molar-refractivity contribution in [3.8, 4) is 0 Å². The Morgan fingerprint density at radius 2 is 2.00 bits per heavy atom. The van der Waals surface area contributed by atoms with Crippen LogP contribution in [0.5, 0.6) is 0 Å². The number of aliphatic carboxylic acids is 1. The van der Waals surface area contributed by atoms with Crippen LogP contribution in [-0.2, 0) is 9.53 Å². The van der Waals surface area contributed by atoms with E-state index in [9.17, 15) is 20.1 Å². The number of ether oxygens (including phenoxy) is 1. The van der Waals surface area contributed by atoms with E-state index >= 15 is 0 Å². The van der Waals surface area contributed by atoms with Gasteiger partial charge in [-0.1, -0.05) is 0 Å². The average Bonchev–Trinajstić information content (AvgIpc) is 2.59. The van der Waals surface area contributed by atoms with E-state index in [1.165, 1.54) is 0 Å². The Bertz CT molecular complexity index is 301. The average molecular weight is 279 g/mol. The van der Waals surface area contributed by atoms with Crippen LogP contribution in [0.15, 0.2) is 0 Å². The maximum atomic E-state index is 10.3. The Morgan fingerprint density at radius 3 is 2.53 bits per heavy atom. The second-order valence-electron chi connectivity index (χ2n) is 4.65. The number of aliphatic hydroxyl groups is 4. The lowest BCUT2D eigenvalue weighted by Crippen LogP contribution is -2.46. The summed E-state index contributed by atoms with van der Waals surface area (Å²) in [5.41, 5.74) is 0. The molecule has 0 aromatic rings. The Hall–Kier alpha value is -0.770. The monoisotopic (exact) mass is 279 g/mol. The normalized spacial score (nSPS) is 34.6. The summed E-state index contributed by atoms with van der Waals surface area (Å²) in [4.78, 5) is 10.3. The highest BCUT2D eigenvalue weighted by Gasteiger charge is 2.52. The molecule has 1 aliphatic rings. The predicted octanol–water partition coefficient (Wildman–Crippen LogP) is -2.37. The van der Waals surface area contributed by atoms with E-state index in [2.05, 4.69) is 5.32 Å². The SMILES string of the molecule is O=C(O)CCCCNC[C@@H]1O[C@](O)(CO)[C@@H](O)[C@@H]1O. The van der Waals surface area contributed by atoms with E-state index in [0.717, 1.165) is 0 Å². The molecule has 0 unspecified atom stereocenters. The van der Waals surface area contributed by atoms with Gasteiger partial charge in [-0.2, -0.15) is 0 Å². The Morgan fingerprint density at radius 1 is 1.32 bits per heavy atom. The van der Waals surface area contributed by atoms with Crippen molar-refractivity contribution in [2.45, 2.75) is 43.4 Å². The fraction of sp³-hybridized carbons (Fsp3) is 0.909. The van der Waals surface area contributed by atoms with E-state index < -0.39 is 36.7 Å². The smallest absolute Gasteiger partial charge is 0.303 e. The van der Waals surface area contributed by atoms with Gasteiger partial charge in [0.05, 0.1) is 6.61 Å². The summed E-state index contributed by atoms with van der Waals surface area (Å²) < 4.78 is 5.02. The second-order valence-corrected chi connectivity index (χ2v) is 4.65.